The van der Waals surface area contributed by atoms with E-state index in [-0.39, 0.29) is 10.9 Å². The van der Waals surface area contributed by atoms with Crippen molar-refractivity contribution in [1.82, 2.24) is 14.3 Å². The van der Waals surface area contributed by atoms with Crippen molar-refractivity contribution >= 4 is 51.9 Å². The number of thiazole rings is 1. The third-order valence-electron chi connectivity index (χ3n) is 8.69. The highest BCUT2D eigenvalue weighted by Crippen LogP contribution is 2.37. The van der Waals surface area contributed by atoms with Gasteiger partial charge in [-0.15, -0.1) is 0 Å². The average Bonchev–Trinajstić information content (AvgIpc) is 3.56. The van der Waals surface area contributed by atoms with Crippen molar-refractivity contribution in [2.45, 2.75) is 70.6 Å². The number of imidazole rings is 1. The zero-order chi connectivity index (χ0) is 28.6. The van der Waals surface area contributed by atoms with Crippen LogP contribution in [0.4, 0.5) is 0 Å². The first-order valence-corrected chi connectivity index (χ1v) is 17.4. The molecule has 41 heavy (non-hydrogen) atoms. The molecule has 0 spiro atoms. The predicted molar refractivity (Wildman–Crippen MR) is 172 cm³/mol. The number of carbonyl (C=O) groups is 1. The number of hydrogen-bond acceptors (Lipinski definition) is 4. The van der Waals surface area contributed by atoms with Crippen LogP contribution in [0.1, 0.15) is 68.1 Å². The first-order valence-electron chi connectivity index (χ1n) is 14.7. The number of aromatic nitrogens is 2. The van der Waals surface area contributed by atoms with Gasteiger partial charge in [0.25, 0.3) is 14.2 Å². The van der Waals surface area contributed by atoms with Gasteiger partial charge in [0.1, 0.15) is 4.88 Å². The van der Waals surface area contributed by atoms with Crippen molar-refractivity contribution in [2.75, 3.05) is 7.05 Å². The number of amides is 1. The molecule has 5 aromatic rings. The number of carbonyl (C=O) groups excluding carboxylic acids is 1. The van der Waals surface area contributed by atoms with Crippen LogP contribution >= 0.6 is 11.3 Å². The Kier molecular flexibility index (Phi) is 7.61. The summed E-state index contributed by atoms with van der Waals surface area (Å²) in [5.74, 6) is 0.103. The summed E-state index contributed by atoms with van der Waals surface area (Å²) in [5, 5.41) is 2.46. The molecule has 0 atom stereocenters. The van der Waals surface area contributed by atoms with Gasteiger partial charge in [-0.25, -0.2) is 4.98 Å². The minimum absolute atomic E-state index is 0.0866. The molecule has 0 N–H and O–H groups in total. The lowest BCUT2D eigenvalue weighted by atomic mass is 9.94. The summed E-state index contributed by atoms with van der Waals surface area (Å²) in [6, 6.07) is 28.2. The van der Waals surface area contributed by atoms with Crippen molar-refractivity contribution in [1.29, 1.82) is 0 Å². The van der Waals surface area contributed by atoms with E-state index in [1.54, 1.807) is 0 Å². The molecule has 1 fully saturated rings. The molecule has 7 heteroatoms. The van der Waals surface area contributed by atoms with Crippen LogP contribution in [0.25, 0.3) is 16.0 Å². The quantitative estimate of drug-likeness (QED) is 0.194. The minimum atomic E-state index is -2.65. The zero-order valence-electron chi connectivity index (χ0n) is 24.5. The second-order valence-electron chi connectivity index (χ2n) is 12.3. The largest absolute Gasteiger partial charge is 0.403 e. The molecule has 0 aliphatic heterocycles. The maximum Gasteiger partial charge on any atom is 0.265 e. The smallest absolute Gasteiger partial charge is 0.265 e. The van der Waals surface area contributed by atoms with Gasteiger partial charge in [0.15, 0.2) is 4.96 Å². The summed E-state index contributed by atoms with van der Waals surface area (Å²) in [6.45, 7) is 7.41. The lowest BCUT2D eigenvalue weighted by Crippen LogP contribution is -2.66. The van der Waals surface area contributed by atoms with E-state index in [2.05, 4.69) is 104 Å². The minimum Gasteiger partial charge on any atom is -0.403 e. The average molecular weight is 582 g/mol. The number of fused-ring (bicyclic) bond motifs is 3. The highest BCUT2D eigenvalue weighted by molar-refractivity contribution is 7.19. The standard InChI is InChI=1S/C34H39N3O2SSi/c1-34(2,3)41(27-16-10-6-11-17-27,28-18-12-7-13-19-28)39-24-25-20-21-29-30(22-25)37-23-31(40-33(37)35-29)32(38)36(4)26-14-8-5-9-15-26/h6-7,10-13,16-23,26H,5,8-9,14-15,24H2,1-4H3. The van der Waals surface area contributed by atoms with E-state index in [9.17, 15) is 4.79 Å². The van der Waals surface area contributed by atoms with Gasteiger partial charge in [-0.1, -0.05) is 118 Å². The number of benzene rings is 3. The summed E-state index contributed by atoms with van der Waals surface area (Å²) >= 11 is 1.48. The molecule has 212 valence electrons. The second kappa shape index (κ2) is 11.2. The molecule has 1 amide bonds. The molecule has 3 aromatic carbocycles. The highest BCUT2D eigenvalue weighted by Gasteiger charge is 2.50. The lowest BCUT2D eigenvalue weighted by Gasteiger charge is -2.43. The van der Waals surface area contributed by atoms with Gasteiger partial charge in [-0.05, 0) is 45.9 Å². The van der Waals surface area contributed by atoms with E-state index >= 15 is 0 Å². The summed E-state index contributed by atoms with van der Waals surface area (Å²) in [5.41, 5.74) is 3.05. The monoisotopic (exact) mass is 581 g/mol. The van der Waals surface area contributed by atoms with E-state index in [4.69, 9.17) is 9.41 Å². The van der Waals surface area contributed by atoms with Crippen LogP contribution in [0.2, 0.25) is 5.04 Å². The molecule has 0 bridgehead atoms. The fourth-order valence-electron chi connectivity index (χ4n) is 6.50. The lowest BCUT2D eigenvalue weighted by molar-refractivity contribution is 0.0701. The van der Waals surface area contributed by atoms with Gasteiger partial charge in [-0.3, -0.25) is 9.20 Å². The van der Waals surface area contributed by atoms with Gasteiger partial charge < -0.3 is 9.33 Å². The molecule has 2 aromatic heterocycles. The summed E-state index contributed by atoms with van der Waals surface area (Å²) < 4.78 is 9.26. The molecule has 1 saturated carbocycles. The zero-order valence-corrected chi connectivity index (χ0v) is 26.3. The van der Waals surface area contributed by atoms with Crippen LogP contribution in [0.5, 0.6) is 0 Å². The maximum absolute atomic E-state index is 13.4. The molecule has 1 aliphatic rings. The predicted octanol–water partition coefficient (Wildman–Crippen LogP) is 7.03. The molecule has 1 aliphatic carbocycles. The van der Waals surface area contributed by atoms with E-state index < -0.39 is 8.32 Å². The first-order chi connectivity index (χ1) is 19.8. The Morgan fingerprint density at radius 2 is 1.61 bits per heavy atom. The Balaban J connectivity index is 1.33. The van der Waals surface area contributed by atoms with Crippen LogP contribution in [-0.4, -0.2) is 41.6 Å². The fourth-order valence-corrected chi connectivity index (χ4v) is 12.0. The van der Waals surface area contributed by atoms with Crippen LogP contribution in [0.3, 0.4) is 0 Å². The highest BCUT2D eigenvalue weighted by atomic mass is 32.1. The molecule has 2 heterocycles. The van der Waals surface area contributed by atoms with Crippen molar-refractivity contribution in [3.63, 3.8) is 0 Å². The van der Waals surface area contributed by atoms with Crippen LogP contribution in [-0.2, 0) is 11.0 Å². The maximum atomic E-state index is 13.4. The Labute approximate surface area is 247 Å². The van der Waals surface area contributed by atoms with Crippen molar-refractivity contribution in [3.05, 3.63) is 95.5 Å². The van der Waals surface area contributed by atoms with E-state index in [0.29, 0.717) is 12.6 Å². The number of nitrogens with zero attached hydrogens (tertiary/aromatic N) is 3. The van der Waals surface area contributed by atoms with Crippen molar-refractivity contribution < 1.29 is 9.22 Å². The molecule has 6 rings (SSSR count). The van der Waals surface area contributed by atoms with Gasteiger partial charge in [-0.2, -0.15) is 0 Å². The summed E-state index contributed by atoms with van der Waals surface area (Å²) in [6.07, 6.45) is 7.87. The molecular formula is C34H39N3O2SSi. The topological polar surface area (TPSA) is 46.8 Å². The molecule has 0 saturated heterocycles. The van der Waals surface area contributed by atoms with Gasteiger partial charge in [0.05, 0.1) is 17.6 Å². The van der Waals surface area contributed by atoms with Crippen LogP contribution in [0.15, 0.2) is 85.1 Å². The Hall–Kier alpha value is -3.26. The third-order valence-corrected chi connectivity index (χ3v) is 14.6. The third kappa shape index (κ3) is 5.15. The first kappa shape index (κ1) is 27.9. The normalized spacial score (nSPS) is 15.0. The van der Waals surface area contributed by atoms with Crippen LogP contribution < -0.4 is 10.4 Å². The van der Waals surface area contributed by atoms with Crippen molar-refractivity contribution in [3.8, 4) is 0 Å². The second-order valence-corrected chi connectivity index (χ2v) is 17.7. The Morgan fingerprint density at radius 1 is 0.976 bits per heavy atom. The number of rotatable bonds is 7. The molecular weight excluding hydrogens is 543 g/mol. The summed E-state index contributed by atoms with van der Waals surface area (Å²) in [7, 11) is -0.690. The Bertz CT molecular complexity index is 1610. The van der Waals surface area contributed by atoms with Crippen LogP contribution in [0, 0.1) is 0 Å². The molecule has 0 radical (unpaired) electrons. The van der Waals surface area contributed by atoms with E-state index in [0.717, 1.165) is 39.3 Å². The Morgan fingerprint density at radius 3 is 2.22 bits per heavy atom. The van der Waals surface area contributed by atoms with E-state index in [1.807, 2.05) is 18.1 Å². The van der Waals surface area contributed by atoms with Gasteiger partial charge in [0.2, 0.25) is 0 Å². The van der Waals surface area contributed by atoms with Gasteiger partial charge in [0, 0.05) is 19.3 Å². The number of hydrogen-bond donors (Lipinski definition) is 0. The SMILES string of the molecule is CN(C(=O)c1cn2c(nc3ccc(CO[Si](c4ccccc4)(c4ccccc4)C(C)(C)C)cc32)s1)C1CCCCC1. The van der Waals surface area contributed by atoms with Gasteiger partial charge >= 0.3 is 0 Å². The van der Waals surface area contributed by atoms with E-state index in [1.165, 1.54) is 41.0 Å². The molecule has 5 nitrogen and oxygen atoms in total. The fraction of sp³-hybridized carbons (Fsp3) is 0.353. The molecule has 0 unspecified atom stereocenters. The summed E-state index contributed by atoms with van der Waals surface area (Å²) in [4.78, 5) is 21.8. The van der Waals surface area contributed by atoms with Crippen molar-refractivity contribution in [2.24, 2.45) is 0 Å².